The molecule has 3 aliphatic carbocycles. The normalized spacial score (nSPS) is 28.2. The van der Waals surface area contributed by atoms with Crippen molar-refractivity contribution in [2.24, 2.45) is 11.1 Å². The summed E-state index contributed by atoms with van der Waals surface area (Å²) in [6, 6.07) is -0.517. The largest absolute Gasteiger partial charge is 0.381 e. The summed E-state index contributed by atoms with van der Waals surface area (Å²) in [5, 5.41) is 13.4. The highest BCUT2D eigenvalue weighted by atomic mass is 16.3. The summed E-state index contributed by atoms with van der Waals surface area (Å²) in [6.07, 6.45) is 5.19. The zero-order valence-electron chi connectivity index (χ0n) is 14.0. The standard InChI is InChI=1S/C18H24N2O3/c1-10-9-13-14(12(10)5-4-8-20-16(19)22)11(2)18(6-7-18)17(3,23)15(13)21/h9,23H,4-8H2,1-3H3,(H3,19,20,22)/t17-/m0/s1. The summed E-state index contributed by atoms with van der Waals surface area (Å²) < 4.78 is 0. The van der Waals surface area contributed by atoms with Gasteiger partial charge in [-0.25, -0.2) is 4.79 Å². The molecule has 3 aliphatic rings. The van der Waals surface area contributed by atoms with Crippen LogP contribution in [0.4, 0.5) is 4.79 Å². The zero-order chi connectivity index (χ0) is 17.0. The van der Waals surface area contributed by atoms with E-state index in [0.29, 0.717) is 12.1 Å². The van der Waals surface area contributed by atoms with Crippen LogP contribution in [-0.4, -0.2) is 29.1 Å². The number of aliphatic hydroxyl groups is 1. The van der Waals surface area contributed by atoms with Crippen LogP contribution in [0.25, 0.3) is 0 Å². The Labute approximate surface area is 136 Å². The van der Waals surface area contributed by atoms with Gasteiger partial charge in [-0.1, -0.05) is 5.57 Å². The molecule has 1 saturated carbocycles. The van der Waals surface area contributed by atoms with E-state index >= 15 is 0 Å². The van der Waals surface area contributed by atoms with Gasteiger partial charge in [-0.3, -0.25) is 4.79 Å². The molecule has 4 N–H and O–H groups in total. The molecule has 0 aromatic rings. The number of ketones is 1. The molecule has 5 nitrogen and oxygen atoms in total. The highest BCUT2D eigenvalue weighted by Crippen LogP contribution is 2.65. The second-order valence-electron chi connectivity index (χ2n) is 7.10. The fraction of sp³-hybridized carbons (Fsp3) is 0.556. The second kappa shape index (κ2) is 5.06. The summed E-state index contributed by atoms with van der Waals surface area (Å²) in [7, 11) is 0. The molecule has 23 heavy (non-hydrogen) atoms. The SMILES string of the molecule is CC1=C(CCCNC(N)=O)C2=C(C)C3(CC3)[C@@](C)(O)C(=O)C2=C1. The number of carbonyl (C=O) groups is 2. The molecule has 2 amide bonds. The molecule has 124 valence electrons. The maximum atomic E-state index is 12.8. The third kappa shape index (κ3) is 2.17. The average molecular weight is 316 g/mol. The van der Waals surface area contributed by atoms with Crippen molar-refractivity contribution in [1.82, 2.24) is 5.32 Å². The van der Waals surface area contributed by atoms with Gasteiger partial charge in [0.2, 0.25) is 0 Å². The van der Waals surface area contributed by atoms with E-state index in [9.17, 15) is 14.7 Å². The Balaban J connectivity index is 1.89. The van der Waals surface area contributed by atoms with Gasteiger partial charge < -0.3 is 16.2 Å². The van der Waals surface area contributed by atoms with Crippen molar-refractivity contribution in [2.45, 2.75) is 52.1 Å². The van der Waals surface area contributed by atoms with Crippen molar-refractivity contribution in [2.75, 3.05) is 6.54 Å². The first-order chi connectivity index (χ1) is 10.7. The van der Waals surface area contributed by atoms with Crippen LogP contribution in [0.2, 0.25) is 0 Å². The molecule has 0 radical (unpaired) electrons. The molecule has 0 aromatic heterocycles. The van der Waals surface area contributed by atoms with E-state index < -0.39 is 11.6 Å². The molecule has 0 heterocycles. The molecular formula is C18H24N2O3. The van der Waals surface area contributed by atoms with Crippen molar-refractivity contribution in [3.05, 3.63) is 33.9 Å². The number of rotatable bonds is 4. The van der Waals surface area contributed by atoms with E-state index in [1.807, 2.05) is 13.0 Å². The number of carbonyl (C=O) groups excluding carboxylic acids is 2. The molecule has 1 fully saturated rings. The van der Waals surface area contributed by atoms with Crippen LogP contribution < -0.4 is 11.1 Å². The molecule has 0 saturated heterocycles. The first-order valence-corrected chi connectivity index (χ1v) is 8.16. The van der Waals surface area contributed by atoms with Crippen molar-refractivity contribution >= 4 is 11.8 Å². The predicted molar refractivity (Wildman–Crippen MR) is 87.6 cm³/mol. The van der Waals surface area contributed by atoms with Crippen LogP contribution in [0.15, 0.2) is 33.9 Å². The van der Waals surface area contributed by atoms with Crippen molar-refractivity contribution in [1.29, 1.82) is 0 Å². The lowest BCUT2D eigenvalue weighted by Crippen LogP contribution is -2.49. The number of nitrogens with one attached hydrogen (secondary N) is 1. The summed E-state index contributed by atoms with van der Waals surface area (Å²) in [5.41, 5.74) is 8.48. The van der Waals surface area contributed by atoms with Crippen molar-refractivity contribution in [3.8, 4) is 0 Å². The molecule has 5 heteroatoms. The summed E-state index contributed by atoms with van der Waals surface area (Å²) in [6.45, 7) is 6.24. The Hall–Kier alpha value is -1.88. The van der Waals surface area contributed by atoms with E-state index in [2.05, 4.69) is 12.2 Å². The minimum absolute atomic E-state index is 0.153. The lowest BCUT2D eigenvalue weighted by Gasteiger charge is -2.39. The van der Waals surface area contributed by atoms with Crippen LogP contribution >= 0.6 is 0 Å². The Kier molecular flexibility index (Phi) is 3.52. The highest BCUT2D eigenvalue weighted by molar-refractivity contribution is 6.10. The summed E-state index contributed by atoms with van der Waals surface area (Å²) in [4.78, 5) is 23.5. The van der Waals surface area contributed by atoms with Crippen LogP contribution in [0.1, 0.15) is 46.5 Å². The molecule has 0 unspecified atom stereocenters. The van der Waals surface area contributed by atoms with Gasteiger partial charge in [0, 0.05) is 17.5 Å². The number of hydrogen-bond donors (Lipinski definition) is 3. The monoisotopic (exact) mass is 316 g/mol. The Bertz CT molecular complexity index is 691. The first kappa shape index (κ1) is 16.0. The quantitative estimate of drug-likeness (QED) is 0.694. The molecule has 1 spiro atoms. The Morgan fingerprint density at radius 2 is 2.04 bits per heavy atom. The number of urea groups is 1. The lowest BCUT2D eigenvalue weighted by atomic mass is 9.67. The number of hydrogen-bond acceptors (Lipinski definition) is 3. The number of allylic oxidation sites excluding steroid dienone is 4. The van der Waals surface area contributed by atoms with Gasteiger partial charge in [0.15, 0.2) is 5.78 Å². The van der Waals surface area contributed by atoms with Crippen LogP contribution in [0, 0.1) is 5.41 Å². The molecular weight excluding hydrogens is 292 g/mol. The van der Waals surface area contributed by atoms with Crippen LogP contribution in [-0.2, 0) is 4.79 Å². The van der Waals surface area contributed by atoms with Crippen LogP contribution in [0.5, 0.6) is 0 Å². The third-order valence-corrected chi connectivity index (χ3v) is 5.77. The minimum atomic E-state index is -1.30. The maximum absolute atomic E-state index is 12.8. The summed E-state index contributed by atoms with van der Waals surface area (Å²) >= 11 is 0. The molecule has 0 aromatic carbocycles. The van der Waals surface area contributed by atoms with Gasteiger partial charge in [-0.15, -0.1) is 0 Å². The van der Waals surface area contributed by atoms with Crippen molar-refractivity contribution in [3.63, 3.8) is 0 Å². The van der Waals surface area contributed by atoms with E-state index in [4.69, 9.17) is 5.73 Å². The highest BCUT2D eigenvalue weighted by Gasteiger charge is 2.64. The van der Waals surface area contributed by atoms with E-state index in [1.165, 1.54) is 5.57 Å². The second-order valence-corrected chi connectivity index (χ2v) is 7.10. The van der Waals surface area contributed by atoms with Crippen LogP contribution in [0.3, 0.4) is 0 Å². The molecule has 0 aliphatic heterocycles. The predicted octanol–water partition coefficient (Wildman–Crippen LogP) is 2.12. The minimum Gasteiger partial charge on any atom is -0.381 e. The first-order valence-electron chi connectivity index (χ1n) is 8.16. The fourth-order valence-corrected chi connectivity index (χ4v) is 4.21. The van der Waals surface area contributed by atoms with E-state index in [0.717, 1.165) is 42.4 Å². The van der Waals surface area contributed by atoms with E-state index in [-0.39, 0.29) is 11.2 Å². The molecule has 1 atom stereocenters. The third-order valence-electron chi connectivity index (χ3n) is 5.77. The molecule has 3 rings (SSSR count). The van der Waals surface area contributed by atoms with Gasteiger partial charge in [0.1, 0.15) is 5.60 Å². The Morgan fingerprint density at radius 1 is 1.39 bits per heavy atom. The van der Waals surface area contributed by atoms with E-state index in [1.54, 1.807) is 6.92 Å². The van der Waals surface area contributed by atoms with Gasteiger partial charge >= 0.3 is 6.03 Å². The number of Topliss-reactive ketones (excluding diaryl/α,β-unsaturated/α-hetero) is 1. The number of amides is 2. The van der Waals surface area contributed by atoms with Gasteiger partial charge in [0.05, 0.1) is 0 Å². The topological polar surface area (TPSA) is 92.4 Å². The average Bonchev–Trinajstić information content (AvgIpc) is 3.22. The number of nitrogens with two attached hydrogens (primary N) is 1. The number of primary amides is 1. The summed E-state index contributed by atoms with van der Waals surface area (Å²) in [5.74, 6) is -0.153. The Morgan fingerprint density at radius 3 is 2.61 bits per heavy atom. The molecule has 0 bridgehead atoms. The lowest BCUT2D eigenvalue weighted by molar-refractivity contribution is -0.137. The smallest absolute Gasteiger partial charge is 0.312 e. The maximum Gasteiger partial charge on any atom is 0.312 e. The van der Waals surface area contributed by atoms with Crippen molar-refractivity contribution < 1.29 is 14.7 Å². The van der Waals surface area contributed by atoms with Gasteiger partial charge in [-0.2, -0.15) is 0 Å². The number of fused-ring (bicyclic) bond motifs is 1. The van der Waals surface area contributed by atoms with Gasteiger partial charge in [0.25, 0.3) is 0 Å². The zero-order valence-corrected chi connectivity index (χ0v) is 14.0. The fourth-order valence-electron chi connectivity index (χ4n) is 4.21. The van der Waals surface area contributed by atoms with Gasteiger partial charge in [-0.05, 0) is 69.2 Å².